The van der Waals surface area contributed by atoms with Gasteiger partial charge in [0.05, 0.1) is 5.56 Å². The minimum absolute atomic E-state index is 0.0219. The van der Waals surface area contributed by atoms with E-state index < -0.39 is 11.7 Å². The fourth-order valence-electron chi connectivity index (χ4n) is 1.52. The number of alkyl halides is 3. The lowest BCUT2D eigenvalue weighted by Crippen LogP contribution is -2.21. The summed E-state index contributed by atoms with van der Waals surface area (Å²) in [6.45, 7) is 1.82. The van der Waals surface area contributed by atoms with Crippen LogP contribution in [0, 0.1) is 0 Å². The van der Waals surface area contributed by atoms with Crippen LogP contribution in [0.4, 0.5) is 18.9 Å². The number of halogens is 3. The molecule has 0 heterocycles. The number of para-hydroxylation sites is 1. The van der Waals surface area contributed by atoms with Gasteiger partial charge in [0.1, 0.15) is 6.29 Å². The summed E-state index contributed by atoms with van der Waals surface area (Å²) < 4.78 is 38.0. The molecule has 17 heavy (non-hydrogen) atoms. The first-order chi connectivity index (χ1) is 7.99. The molecular weight excluding hydrogens is 231 g/mol. The third-order valence-corrected chi connectivity index (χ3v) is 2.47. The predicted molar refractivity (Wildman–Crippen MR) is 59.8 cm³/mol. The molecule has 1 N–H and O–H groups in total. The highest BCUT2D eigenvalue weighted by Crippen LogP contribution is 2.34. The minimum atomic E-state index is -4.39. The lowest BCUT2D eigenvalue weighted by atomic mass is 10.1. The van der Waals surface area contributed by atoms with Crippen LogP contribution in [0.15, 0.2) is 24.3 Å². The van der Waals surface area contributed by atoms with Crippen molar-refractivity contribution in [1.29, 1.82) is 0 Å². The molecule has 0 amide bonds. The molecule has 0 saturated heterocycles. The van der Waals surface area contributed by atoms with Gasteiger partial charge in [-0.1, -0.05) is 19.1 Å². The Balaban J connectivity index is 2.93. The van der Waals surface area contributed by atoms with Crippen LogP contribution in [0.2, 0.25) is 0 Å². The summed E-state index contributed by atoms with van der Waals surface area (Å²) in [6, 6.07) is 5.00. The van der Waals surface area contributed by atoms with E-state index in [1.165, 1.54) is 18.2 Å². The molecular formula is C12H14F3NO. The maximum absolute atomic E-state index is 12.7. The highest BCUT2D eigenvalue weighted by molar-refractivity contribution is 5.56. The molecule has 1 aromatic rings. The van der Waals surface area contributed by atoms with Crippen molar-refractivity contribution in [3.63, 3.8) is 0 Å². The first-order valence-corrected chi connectivity index (χ1v) is 5.35. The fraction of sp³-hybridized carbons (Fsp3) is 0.417. The number of carbonyl (C=O) groups is 1. The van der Waals surface area contributed by atoms with Gasteiger partial charge in [-0.15, -0.1) is 0 Å². The Bertz CT molecular complexity index is 376. The summed E-state index contributed by atoms with van der Waals surface area (Å²) >= 11 is 0. The number of anilines is 1. The Kier molecular flexibility index (Phi) is 4.54. The molecule has 0 aliphatic heterocycles. The standard InChI is InChI=1S/C12H14F3NO/c1-2-9(7-8-17)16-11-6-4-3-5-10(11)12(13,14)15/h3-6,8-9,16H,2,7H2,1H3/t9-/m0/s1. The zero-order chi connectivity index (χ0) is 12.9. The Morgan fingerprint density at radius 3 is 2.53 bits per heavy atom. The predicted octanol–water partition coefficient (Wildman–Crippen LogP) is 3.48. The highest BCUT2D eigenvalue weighted by atomic mass is 19.4. The average Bonchev–Trinajstić information content (AvgIpc) is 2.27. The number of hydrogen-bond acceptors (Lipinski definition) is 2. The van der Waals surface area contributed by atoms with Crippen molar-refractivity contribution in [2.24, 2.45) is 0 Å². The van der Waals surface area contributed by atoms with E-state index in [0.717, 1.165) is 6.07 Å². The van der Waals surface area contributed by atoms with Crippen molar-refractivity contribution < 1.29 is 18.0 Å². The molecule has 0 spiro atoms. The van der Waals surface area contributed by atoms with Crippen LogP contribution >= 0.6 is 0 Å². The van der Waals surface area contributed by atoms with Gasteiger partial charge in [-0.25, -0.2) is 0 Å². The first-order valence-electron chi connectivity index (χ1n) is 5.35. The third-order valence-electron chi connectivity index (χ3n) is 2.47. The van der Waals surface area contributed by atoms with E-state index in [1.807, 2.05) is 6.92 Å². The molecule has 0 aromatic heterocycles. The number of hydrogen-bond donors (Lipinski definition) is 1. The summed E-state index contributed by atoms with van der Waals surface area (Å²) in [5.41, 5.74) is -0.682. The van der Waals surface area contributed by atoms with Crippen LogP contribution in [0.1, 0.15) is 25.3 Å². The maximum atomic E-state index is 12.7. The van der Waals surface area contributed by atoms with Gasteiger partial charge >= 0.3 is 6.18 Å². The molecule has 0 radical (unpaired) electrons. The molecule has 0 saturated carbocycles. The Hall–Kier alpha value is -1.52. The molecule has 0 aliphatic carbocycles. The molecule has 1 atom stereocenters. The van der Waals surface area contributed by atoms with E-state index in [1.54, 1.807) is 0 Å². The highest BCUT2D eigenvalue weighted by Gasteiger charge is 2.33. The minimum Gasteiger partial charge on any atom is -0.381 e. The maximum Gasteiger partial charge on any atom is 0.418 e. The summed E-state index contributed by atoms with van der Waals surface area (Å²) in [6.07, 6.45) is -2.89. The van der Waals surface area contributed by atoms with Crippen molar-refractivity contribution >= 4 is 12.0 Å². The second-order valence-electron chi connectivity index (χ2n) is 3.70. The van der Waals surface area contributed by atoms with E-state index in [0.29, 0.717) is 12.7 Å². The summed E-state index contributed by atoms with van der Waals surface area (Å²) in [4.78, 5) is 10.4. The van der Waals surface area contributed by atoms with E-state index in [9.17, 15) is 18.0 Å². The van der Waals surface area contributed by atoms with Crippen LogP contribution in [-0.2, 0) is 11.0 Å². The van der Waals surface area contributed by atoms with Crippen molar-refractivity contribution in [1.82, 2.24) is 0 Å². The van der Waals surface area contributed by atoms with E-state index in [-0.39, 0.29) is 18.2 Å². The Morgan fingerprint density at radius 2 is 2.00 bits per heavy atom. The first kappa shape index (κ1) is 13.5. The zero-order valence-electron chi connectivity index (χ0n) is 9.42. The third kappa shape index (κ3) is 3.76. The molecule has 5 heteroatoms. The normalized spacial score (nSPS) is 13.2. The SMILES string of the molecule is CC[C@@H](CC=O)Nc1ccccc1C(F)(F)F. The van der Waals surface area contributed by atoms with Crippen molar-refractivity contribution in [3.8, 4) is 0 Å². The van der Waals surface area contributed by atoms with Crippen molar-refractivity contribution in [2.45, 2.75) is 32.0 Å². The van der Waals surface area contributed by atoms with Gasteiger partial charge in [0.15, 0.2) is 0 Å². The molecule has 0 bridgehead atoms. The van der Waals surface area contributed by atoms with Gasteiger partial charge in [0, 0.05) is 18.2 Å². The Labute approximate surface area is 97.8 Å². The molecule has 2 nitrogen and oxygen atoms in total. The molecule has 0 unspecified atom stereocenters. The number of aldehydes is 1. The van der Waals surface area contributed by atoms with Crippen LogP contribution in [-0.4, -0.2) is 12.3 Å². The van der Waals surface area contributed by atoms with Crippen LogP contribution in [0.3, 0.4) is 0 Å². The molecule has 0 aliphatic rings. The van der Waals surface area contributed by atoms with Crippen LogP contribution in [0.5, 0.6) is 0 Å². The van der Waals surface area contributed by atoms with Gasteiger partial charge in [0.2, 0.25) is 0 Å². The second kappa shape index (κ2) is 5.70. The van der Waals surface area contributed by atoms with Gasteiger partial charge in [-0.05, 0) is 18.6 Å². The van der Waals surface area contributed by atoms with E-state index >= 15 is 0 Å². The number of nitrogens with one attached hydrogen (secondary N) is 1. The van der Waals surface area contributed by atoms with E-state index in [2.05, 4.69) is 5.32 Å². The summed E-state index contributed by atoms with van der Waals surface area (Å²) in [5, 5.41) is 2.75. The lowest BCUT2D eigenvalue weighted by molar-refractivity contribution is -0.137. The summed E-state index contributed by atoms with van der Waals surface area (Å²) in [5.74, 6) is 0. The van der Waals surface area contributed by atoms with Gasteiger partial charge < -0.3 is 10.1 Å². The van der Waals surface area contributed by atoms with Gasteiger partial charge in [-0.2, -0.15) is 13.2 Å². The van der Waals surface area contributed by atoms with Crippen molar-refractivity contribution in [2.75, 3.05) is 5.32 Å². The number of carbonyl (C=O) groups excluding carboxylic acids is 1. The Morgan fingerprint density at radius 1 is 1.35 bits per heavy atom. The van der Waals surface area contributed by atoms with Crippen LogP contribution in [0.25, 0.3) is 0 Å². The number of benzene rings is 1. The number of rotatable bonds is 5. The monoisotopic (exact) mass is 245 g/mol. The van der Waals surface area contributed by atoms with Gasteiger partial charge in [-0.3, -0.25) is 0 Å². The topological polar surface area (TPSA) is 29.1 Å². The largest absolute Gasteiger partial charge is 0.418 e. The zero-order valence-corrected chi connectivity index (χ0v) is 9.42. The quantitative estimate of drug-likeness (QED) is 0.804. The summed E-state index contributed by atoms with van der Waals surface area (Å²) in [7, 11) is 0. The smallest absolute Gasteiger partial charge is 0.381 e. The van der Waals surface area contributed by atoms with E-state index in [4.69, 9.17) is 0 Å². The average molecular weight is 245 g/mol. The molecule has 1 aromatic carbocycles. The van der Waals surface area contributed by atoms with Crippen molar-refractivity contribution in [3.05, 3.63) is 29.8 Å². The molecule has 0 fully saturated rings. The molecule has 1 rings (SSSR count). The fourth-order valence-corrected chi connectivity index (χ4v) is 1.52. The van der Waals surface area contributed by atoms with Gasteiger partial charge in [0.25, 0.3) is 0 Å². The lowest BCUT2D eigenvalue weighted by Gasteiger charge is -2.19. The second-order valence-corrected chi connectivity index (χ2v) is 3.70. The van der Waals surface area contributed by atoms with Crippen LogP contribution < -0.4 is 5.32 Å². The molecule has 94 valence electrons.